The minimum atomic E-state index is 0.410. The molecule has 2 aromatic rings. The maximum absolute atomic E-state index is 3.57. The van der Waals surface area contributed by atoms with Crippen molar-refractivity contribution in [3.63, 3.8) is 0 Å². The summed E-state index contributed by atoms with van der Waals surface area (Å²) in [5.41, 5.74) is 4.10. The van der Waals surface area contributed by atoms with Gasteiger partial charge in [-0.25, -0.2) is 0 Å². The van der Waals surface area contributed by atoms with Gasteiger partial charge in [0.15, 0.2) is 0 Å². The van der Waals surface area contributed by atoms with Crippen LogP contribution in [0.1, 0.15) is 29.7 Å². The minimum Gasteiger partial charge on any atom is -0.309 e. The van der Waals surface area contributed by atoms with Crippen LogP contribution in [0.15, 0.2) is 53.4 Å². The number of thioether (sulfide) groups is 1. The maximum Gasteiger partial charge on any atom is 0.0415 e. The van der Waals surface area contributed by atoms with E-state index in [4.69, 9.17) is 0 Å². The fourth-order valence-corrected chi connectivity index (χ4v) is 3.28. The maximum atomic E-state index is 3.57. The SMILES string of the molecule is CCNC(CSc1ccc(C)c(C)c1)c1ccccc1. The van der Waals surface area contributed by atoms with Crippen LogP contribution in [0.4, 0.5) is 0 Å². The number of rotatable bonds is 6. The molecular formula is C18H23NS. The van der Waals surface area contributed by atoms with E-state index in [-0.39, 0.29) is 0 Å². The molecule has 1 N–H and O–H groups in total. The van der Waals surface area contributed by atoms with E-state index in [9.17, 15) is 0 Å². The second-order valence-electron chi connectivity index (χ2n) is 5.08. The molecule has 1 nitrogen and oxygen atoms in total. The van der Waals surface area contributed by atoms with E-state index < -0.39 is 0 Å². The van der Waals surface area contributed by atoms with Crippen molar-refractivity contribution in [3.05, 3.63) is 65.2 Å². The smallest absolute Gasteiger partial charge is 0.0415 e. The summed E-state index contributed by atoms with van der Waals surface area (Å²) in [4.78, 5) is 1.35. The summed E-state index contributed by atoms with van der Waals surface area (Å²) in [6.07, 6.45) is 0. The van der Waals surface area contributed by atoms with E-state index in [0.717, 1.165) is 12.3 Å². The Balaban J connectivity index is 2.03. The molecule has 1 atom stereocenters. The van der Waals surface area contributed by atoms with Gasteiger partial charge in [-0.3, -0.25) is 0 Å². The van der Waals surface area contributed by atoms with Crippen molar-refractivity contribution in [2.24, 2.45) is 0 Å². The summed E-state index contributed by atoms with van der Waals surface area (Å²) in [7, 11) is 0. The van der Waals surface area contributed by atoms with Gasteiger partial charge in [0.1, 0.15) is 0 Å². The first-order chi connectivity index (χ1) is 9.70. The lowest BCUT2D eigenvalue weighted by Gasteiger charge is -2.18. The van der Waals surface area contributed by atoms with E-state index >= 15 is 0 Å². The molecule has 2 aromatic carbocycles. The van der Waals surface area contributed by atoms with Gasteiger partial charge in [0, 0.05) is 16.7 Å². The Hall–Kier alpha value is -1.25. The molecule has 0 aliphatic rings. The molecule has 0 saturated carbocycles. The van der Waals surface area contributed by atoms with E-state index in [1.54, 1.807) is 0 Å². The Morgan fingerprint density at radius 1 is 1.00 bits per heavy atom. The fraction of sp³-hybridized carbons (Fsp3) is 0.333. The Morgan fingerprint density at radius 3 is 2.40 bits per heavy atom. The Kier molecular flexibility index (Phi) is 5.69. The summed E-state index contributed by atoms with van der Waals surface area (Å²) in [5, 5.41) is 3.57. The van der Waals surface area contributed by atoms with Crippen molar-refractivity contribution in [3.8, 4) is 0 Å². The molecule has 106 valence electrons. The number of nitrogens with one attached hydrogen (secondary N) is 1. The van der Waals surface area contributed by atoms with E-state index in [2.05, 4.69) is 74.6 Å². The van der Waals surface area contributed by atoms with E-state index in [0.29, 0.717) is 6.04 Å². The van der Waals surface area contributed by atoms with Crippen LogP contribution < -0.4 is 5.32 Å². The quantitative estimate of drug-likeness (QED) is 0.769. The number of aryl methyl sites for hydroxylation is 2. The molecule has 0 fully saturated rings. The summed E-state index contributed by atoms with van der Waals surface area (Å²) in [6.45, 7) is 7.50. The summed E-state index contributed by atoms with van der Waals surface area (Å²) >= 11 is 1.92. The fourth-order valence-electron chi connectivity index (χ4n) is 2.19. The first-order valence-corrected chi connectivity index (χ1v) is 8.17. The van der Waals surface area contributed by atoms with E-state index in [1.165, 1.54) is 21.6 Å². The van der Waals surface area contributed by atoms with Crippen LogP contribution in [0.3, 0.4) is 0 Å². The number of hydrogen-bond donors (Lipinski definition) is 1. The number of benzene rings is 2. The highest BCUT2D eigenvalue weighted by atomic mass is 32.2. The largest absolute Gasteiger partial charge is 0.309 e. The average molecular weight is 285 g/mol. The molecule has 20 heavy (non-hydrogen) atoms. The average Bonchev–Trinajstić information content (AvgIpc) is 2.48. The predicted octanol–water partition coefficient (Wildman–Crippen LogP) is 4.75. The van der Waals surface area contributed by atoms with Crippen molar-refractivity contribution in [1.82, 2.24) is 5.32 Å². The Labute approximate surface area is 126 Å². The molecule has 2 rings (SSSR count). The summed E-state index contributed by atoms with van der Waals surface area (Å²) in [6, 6.07) is 17.8. The predicted molar refractivity (Wildman–Crippen MR) is 89.5 cm³/mol. The van der Waals surface area contributed by atoms with Gasteiger partial charge < -0.3 is 5.32 Å². The van der Waals surface area contributed by atoms with Gasteiger partial charge in [0.05, 0.1) is 0 Å². The molecular weight excluding hydrogens is 262 g/mol. The van der Waals surface area contributed by atoms with Gasteiger partial charge >= 0.3 is 0 Å². The first kappa shape index (κ1) is 15.1. The topological polar surface area (TPSA) is 12.0 Å². The van der Waals surface area contributed by atoms with Crippen LogP contribution >= 0.6 is 11.8 Å². The number of hydrogen-bond acceptors (Lipinski definition) is 2. The molecule has 0 bridgehead atoms. The second kappa shape index (κ2) is 7.51. The van der Waals surface area contributed by atoms with Crippen molar-refractivity contribution in [2.75, 3.05) is 12.3 Å². The lowest BCUT2D eigenvalue weighted by Crippen LogP contribution is -2.22. The molecule has 0 aliphatic carbocycles. The zero-order chi connectivity index (χ0) is 14.4. The van der Waals surface area contributed by atoms with Gasteiger partial charge in [0.25, 0.3) is 0 Å². The summed E-state index contributed by atoms with van der Waals surface area (Å²) < 4.78 is 0. The Bertz CT molecular complexity index is 536. The third-order valence-corrected chi connectivity index (χ3v) is 4.63. The van der Waals surface area contributed by atoms with Gasteiger partial charge in [-0.05, 0) is 49.2 Å². The molecule has 0 amide bonds. The van der Waals surface area contributed by atoms with Crippen molar-refractivity contribution < 1.29 is 0 Å². The molecule has 2 heteroatoms. The highest BCUT2D eigenvalue weighted by Crippen LogP contribution is 2.26. The zero-order valence-electron chi connectivity index (χ0n) is 12.5. The normalized spacial score (nSPS) is 12.3. The highest BCUT2D eigenvalue weighted by Gasteiger charge is 2.10. The second-order valence-corrected chi connectivity index (χ2v) is 6.17. The molecule has 0 radical (unpaired) electrons. The molecule has 0 spiro atoms. The molecule has 0 aromatic heterocycles. The van der Waals surface area contributed by atoms with Gasteiger partial charge in [-0.1, -0.05) is 43.3 Å². The van der Waals surface area contributed by atoms with Gasteiger partial charge in [-0.2, -0.15) is 0 Å². The van der Waals surface area contributed by atoms with Crippen molar-refractivity contribution >= 4 is 11.8 Å². The zero-order valence-corrected chi connectivity index (χ0v) is 13.3. The van der Waals surface area contributed by atoms with Gasteiger partial charge in [-0.15, -0.1) is 11.8 Å². The van der Waals surface area contributed by atoms with Crippen molar-refractivity contribution in [1.29, 1.82) is 0 Å². The molecule has 0 heterocycles. The van der Waals surface area contributed by atoms with Crippen LogP contribution in [0.25, 0.3) is 0 Å². The van der Waals surface area contributed by atoms with E-state index in [1.807, 2.05) is 11.8 Å². The van der Waals surface area contributed by atoms with Crippen LogP contribution in [0.5, 0.6) is 0 Å². The molecule has 0 aliphatic heterocycles. The third kappa shape index (κ3) is 4.12. The molecule has 0 saturated heterocycles. The van der Waals surface area contributed by atoms with Crippen molar-refractivity contribution in [2.45, 2.75) is 31.7 Å². The lowest BCUT2D eigenvalue weighted by atomic mass is 10.1. The standard InChI is InChI=1S/C18H23NS/c1-4-19-18(16-8-6-5-7-9-16)13-20-17-11-10-14(2)15(3)12-17/h5-12,18-19H,4,13H2,1-3H3. The third-order valence-electron chi connectivity index (χ3n) is 3.55. The molecule has 1 unspecified atom stereocenters. The monoisotopic (exact) mass is 285 g/mol. The lowest BCUT2D eigenvalue weighted by molar-refractivity contribution is 0.606. The van der Waals surface area contributed by atoms with Crippen LogP contribution in [-0.4, -0.2) is 12.3 Å². The summed E-state index contributed by atoms with van der Waals surface area (Å²) in [5.74, 6) is 1.06. The highest BCUT2D eigenvalue weighted by molar-refractivity contribution is 7.99. The van der Waals surface area contributed by atoms with Crippen LogP contribution in [0, 0.1) is 13.8 Å². The minimum absolute atomic E-state index is 0.410. The van der Waals surface area contributed by atoms with Crippen LogP contribution in [-0.2, 0) is 0 Å². The Morgan fingerprint density at radius 2 is 1.75 bits per heavy atom. The first-order valence-electron chi connectivity index (χ1n) is 7.19. The van der Waals surface area contributed by atoms with Crippen LogP contribution in [0.2, 0.25) is 0 Å². The van der Waals surface area contributed by atoms with Gasteiger partial charge in [0.2, 0.25) is 0 Å².